The van der Waals surface area contributed by atoms with Crippen LogP contribution in [0.4, 0.5) is 0 Å². The van der Waals surface area contributed by atoms with Crippen LogP contribution in [-0.2, 0) is 11.2 Å². The van der Waals surface area contributed by atoms with Crippen LogP contribution in [0.2, 0.25) is 0 Å². The number of aromatic nitrogens is 2. The van der Waals surface area contributed by atoms with E-state index in [0.717, 1.165) is 38.0 Å². The van der Waals surface area contributed by atoms with Crippen LogP contribution in [-0.4, -0.2) is 46.5 Å². The van der Waals surface area contributed by atoms with Crippen molar-refractivity contribution < 1.29 is 4.79 Å². The SMILES string of the molecule is CC(C)N1CCC(C(=O)NCCc2cnccn2)CC1. The molecule has 0 saturated carbocycles. The Morgan fingerprint density at radius 1 is 1.40 bits per heavy atom. The molecule has 5 heteroatoms. The van der Waals surface area contributed by atoms with Gasteiger partial charge in [0.2, 0.25) is 5.91 Å². The number of carbonyl (C=O) groups is 1. The Kier molecular flexibility index (Phi) is 5.47. The number of nitrogens with one attached hydrogen (secondary N) is 1. The molecule has 1 amide bonds. The number of hydrogen-bond acceptors (Lipinski definition) is 4. The van der Waals surface area contributed by atoms with Crippen molar-refractivity contribution in [3.63, 3.8) is 0 Å². The molecule has 1 aromatic heterocycles. The zero-order chi connectivity index (χ0) is 14.4. The van der Waals surface area contributed by atoms with Gasteiger partial charge >= 0.3 is 0 Å². The zero-order valence-corrected chi connectivity index (χ0v) is 12.4. The summed E-state index contributed by atoms with van der Waals surface area (Å²) in [6, 6.07) is 0.579. The minimum Gasteiger partial charge on any atom is -0.355 e. The molecule has 5 nitrogen and oxygen atoms in total. The molecule has 0 atom stereocenters. The second-order valence-corrected chi connectivity index (χ2v) is 5.64. The van der Waals surface area contributed by atoms with Crippen LogP contribution in [0.5, 0.6) is 0 Å². The van der Waals surface area contributed by atoms with E-state index in [4.69, 9.17) is 0 Å². The van der Waals surface area contributed by atoms with E-state index in [0.29, 0.717) is 12.6 Å². The number of likely N-dealkylation sites (tertiary alicyclic amines) is 1. The van der Waals surface area contributed by atoms with Gasteiger partial charge in [0, 0.05) is 43.5 Å². The first-order valence-electron chi connectivity index (χ1n) is 7.43. The lowest BCUT2D eigenvalue weighted by Crippen LogP contribution is -2.43. The quantitative estimate of drug-likeness (QED) is 0.879. The predicted octanol–water partition coefficient (Wildman–Crippen LogP) is 1.26. The maximum atomic E-state index is 12.1. The molecule has 0 aliphatic carbocycles. The van der Waals surface area contributed by atoms with E-state index < -0.39 is 0 Å². The van der Waals surface area contributed by atoms with Crippen molar-refractivity contribution in [1.29, 1.82) is 0 Å². The average molecular weight is 276 g/mol. The number of rotatable bonds is 5. The van der Waals surface area contributed by atoms with Gasteiger partial charge in [-0.05, 0) is 39.8 Å². The number of nitrogens with zero attached hydrogens (tertiary/aromatic N) is 3. The van der Waals surface area contributed by atoms with Gasteiger partial charge in [-0.1, -0.05) is 0 Å². The topological polar surface area (TPSA) is 58.1 Å². The van der Waals surface area contributed by atoms with E-state index in [9.17, 15) is 4.79 Å². The standard InChI is InChI=1S/C15H24N4O/c1-12(2)19-9-4-13(5-10-19)15(20)18-6-3-14-11-16-7-8-17-14/h7-8,11-13H,3-6,9-10H2,1-2H3,(H,18,20). The summed E-state index contributed by atoms with van der Waals surface area (Å²) in [5, 5.41) is 3.02. The molecule has 1 N–H and O–H groups in total. The van der Waals surface area contributed by atoms with Gasteiger partial charge in [0.05, 0.1) is 5.69 Å². The summed E-state index contributed by atoms with van der Waals surface area (Å²) in [4.78, 5) is 22.7. The van der Waals surface area contributed by atoms with E-state index in [1.807, 2.05) is 0 Å². The number of amides is 1. The first-order valence-corrected chi connectivity index (χ1v) is 7.43. The fraction of sp³-hybridized carbons (Fsp3) is 0.667. The van der Waals surface area contributed by atoms with Crippen molar-refractivity contribution in [3.05, 3.63) is 24.3 Å². The minimum absolute atomic E-state index is 0.173. The van der Waals surface area contributed by atoms with Crippen molar-refractivity contribution in [2.24, 2.45) is 5.92 Å². The molecule has 0 radical (unpaired) electrons. The lowest BCUT2D eigenvalue weighted by atomic mass is 9.95. The molecule has 2 heterocycles. The van der Waals surface area contributed by atoms with Crippen LogP contribution in [0.3, 0.4) is 0 Å². The molecule has 1 aromatic rings. The van der Waals surface area contributed by atoms with Crippen LogP contribution >= 0.6 is 0 Å². The smallest absolute Gasteiger partial charge is 0.223 e. The number of hydrogen-bond donors (Lipinski definition) is 1. The highest BCUT2D eigenvalue weighted by Crippen LogP contribution is 2.18. The molecule has 1 fully saturated rings. The molecular formula is C15H24N4O. The van der Waals surface area contributed by atoms with Gasteiger partial charge in [-0.3, -0.25) is 14.8 Å². The highest BCUT2D eigenvalue weighted by molar-refractivity contribution is 5.78. The summed E-state index contributed by atoms with van der Waals surface area (Å²) in [6.07, 6.45) is 7.76. The number of carbonyl (C=O) groups excluding carboxylic acids is 1. The third-order valence-corrected chi connectivity index (χ3v) is 3.93. The summed E-state index contributed by atoms with van der Waals surface area (Å²) in [7, 11) is 0. The fourth-order valence-corrected chi connectivity index (χ4v) is 2.60. The molecule has 1 aliphatic heterocycles. The molecule has 0 spiro atoms. The molecule has 2 rings (SSSR count). The highest BCUT2D eigenvalue weighted by atomic mass is 16.1. The third-order valence-electron chi connectivity index (χ3n) is 3.93. The largest absolute Gasteiger partial charge is 0.355 e. The molecule has 1 aliphatic rings. The lowest BCUT2D eigenvalue weighted by Gasteiger charge is -2.33. The van der Waals surface area contributed by atoms with Crippen LogP contribution < -0.4 is 5.32 Å². The average Bonchev–Trinajstić information content (AvgIpc) is 2.48. The van der Waals surface area contributed by atoms with Crippen molar-refractivity contribution in [2.75, 3.05) is 19.6 Å². The Labute approximate surface area is 120 Å². The van der Waals surface area contributed by atoms with Gasteiger partial charge < -0.3 is 10.2 Å². The van der Waals surface area contributed by atoms with Crippen molar-refractivity contribution >= 4 is 5.91 Å². The van der Waals surface area contributed by atoms with Crippen LogP contribution in [0.25, 0.3) is 0 Å². The summed E-state index contributed by atoms with van der Waals surface area (Å²) >= 11 is 0. The molecule has 20 heavy (non-hydrogen) atoms. The Bertz CT molecular complexity index is 413. The maximum Gasteiger partial charge on any atom is 0.223 e. The van der Waals surface area contributed by atoms with E-state index in [-0.39, 0.29) is 11.8 Å². The van der Waals surface area contributed by atoms with Crippen molar-refractivity contribution in [2.45, 2.75) is 39.2 Å². The first kappa shape index (κ1) is 14.9. The minimum atomic E-state index is 0.173. The van der Waals surface area contributed by atoms with Gasteiger partial charge in [0.1, 0.15) is 0 Å². The lowest BCUT2D eigenvalue weighted by molar-refractivity contribution is -0.126. The van der Waals surface area contributed by atoms with Crippen molar-refractivity contribution in [3.8, 4) is 0 Å². The van der Waals surface area contributed by atoms with Crippen LogP contribution in [0, 0.1) is 5.92 Å². The normalized spacial score (nSPS) is 17.4. The first-order chi connectivity index (χ1) is 9.66. The summed E-state index contributed by atoms with van der Waals surface area (Å²) in [6.45, 7) is 7.12. The predicted molar refractivity (Wildman–Crippen MR) is 78.2 cm³/mol. The molecule has 0 unspecified atom stereocenters. The molecule has 0 aromatic carbocycles. The van der Waals surface area contributed by atoms with E-state index in [1.165, 1.54) is 0 Å². The van der Waals surface area contributed by atoms with Gasteiger partial charge in [0.15, 0.2) is 0 Å². The summed E-state index contributed by atoms with van der Waals surface area (Å²) in [5.41, 5.74) is 0.919. The number of piperidine rings is 1. The van der Waals surface area contributed by atoms with E-state index in [1.54, 1.807) is 18.6 Å². The van der Waals surface area contributed by atoms with Gasteiger partial charge in [-0.2, -0.15) is 0 Å². The molecule has 0 bridgehead atoms. The Hall–Kier alpha value is -1.49. The second kappa shape index (κ2) is 7.33. The van der Waals surface area contributed by atoms with Crippen molar-refractivity contribution in [1.82, 2.24) is 20.2 Å². The van der Waals surface area contributed by atoms with Gasteiger partial charge in [0.25, 0.3) is 0 Å². The second-order valence-electron chi connectivity index (χ2n) is 5.64. The Balaban J connectivity index is 1.68. The van der Waals surface area contributed by atoms with Crippen LogP contribution in [0.1, 0.15) is 32.4 Å². The Morgan fingerprint density at radius 3 is 2.75 bits per heavy atom. The summed E-state index contributed by atoms with van der Waals surface area (Å²) < 4.78 is 0. The van der Waals surface area contributed by atoms with E-state index >= 15 is 0 Å². The Morgan fingerprint density at radius 2 is 2.15 bits per heavy atom. The summed E-state index contributed by atoms with van der Waals surface area (Å²) in [5.74, 6) is 0.365. The fourth-order valence-electron chi connectivity index (χ4n) is 2.60. The zero-order valence-electron chi connectivity index (χ0n) is 12.4. The highest BCUT2D eigenvalue weighted by Gasteiger charge is 2.25. The van der Waals surface area contributed by atoms with Gasteiger partial charge in [-0.15, -0.1) is 0 Å². The van der Waals surface area contributed by atoms with Gasteiger partial charge in [-0.25, -0.2) is 0 Å². The maximum absolute atomic E-state index is 12.1. The molecule has 110 valence electrons. The van der Waals surface area contributed by atoms with E-state index in [2.05, 4.69) is 34.0 Å². The third kappa shape index (κ3) is 4.27. The van der Waals surface area contributed by atoms with Crippen LogP contribution in [0.15, 0.2) is 18.6 Å². The molecule has 1 saturated heterocycles. The monoisotopic (exact) mass is 276 g/mol. The molecular weight excluding hydrogens is 252 g/mol.